The summed E-state index contributed by atoms with van der Waals surface area (Å²) in [5, 5.41) is 5.99. The van der Waals surface area contributed by atoms with E-state index in [-0.39, 0.29) is 42.6 Å². The standard InChI is InChI=1S/C37H42N10O5/c1-50-29-18-23(17-27-19-43-37(42)46-35(27)39)16-25(34(29)51-2)14-15-31(48)47-33(28-7-4-3-6-26(28)20-44-47)24-12-10-22(11-13-24)21-52-32(49)9-5-8-30(38)45-36(40)41/h3-4,6-7,10-16,18-20,30,33H,5,8-9,17,21,38H2,1-2H3,(H4,40,41,45)(H4,39,42,43,46). The number of fused-ring (bicyclic) bond motifs is 1. The molecule has 1 aliphatic rings. The number of esters is 1. The summed E-state index contributed by atoms with van der Waals surface area (Å²) in [6.07, 6.45) is 7.28. The number of benzene rings is 3. The Labute approximate surface area is 301 Å². The summed E-state index contributed by atoms with van der Waals surface area (Å²) < 4.78 is 16.7. The first-order valence-corrected chi connectivity index (χ1v) is 16.4. The zero-order chi connectivity index (χ0) is 37.2. The van der Waals surface area contributed by atoms with Crippen molar-refractivity contribution in [3.63, 3.8) is 0 Å². The normalized spacial score (nSPS) is 14.1. The van der Waals surface area contributed by atoms with Gasteiger partial charge in [0.05, 0.1) is 20.4 Å². The van der Waals surface area contributed by atoms with Crippen LogP contribution in [0.25, 0.3) is 6.08 Å². The fraction of sp³-hybridized carbons (Fsp3) is 0.243. The lowest BCUT2D eigenvalue weighted by molar-refractivity contribution is -0.145. The number of nitrogens with two attached hydrogens (primary N) is 5. The molecular formula is C37H42N10O5. The molecule has 2 heterocycles. The smallest absolute Gasteiger partial charge is 0.306 e. The third-order valence-corrected chi connectivity index (χ3v) is 8.26. The minimum absolute atomic E-state index is 0.0873. The first-order chi connectivity index (χ1) is 25.1. The highest BCUT2D eigenvalue weighted by atomic mass is 16.5. The first kappa shape index (κ1) is 36.8. The van der Waals surface area contributed by atoms with Crippen LogP contribution in [0.4, 0.5) is 11.8 Å². The van der Waals surface area contributed by atoms with Gasteiger partial charge in [-0.1, -0.05) is 48.5 Å². The van der Waals surface area contributed by atoms with Gasteiger partial charge >= 0.3 is 5.97 Å². The molecule has 270 valence electrons. The van der Waals surface area contributed by atoms with Gasteiger partial charge in [0.2, 0.25) is 5.95 Å². The van der Waals surface area contributed by atoms with Crippen LogP contribution in [0.15, 0.2) is 83.0 Å². The summed E-state index contributed by atoms with van der Waals surface area (Å²) in [6.45, 7) is 0.0894. The van der Waals surface area contributed by atoms with Crippen molar-refractivity contribution in [1.82, 2.24) is 15.0 Å². The Hall–Kier alpha value is -6.48. The van der Waals surface area contributed by atoms with Crippen LogP contribution in [0.5, 0.6) is 11.5 Å². The van der Waals surface area contributed by atoms with Gasteiger partial charge in [-0.15, -0.1) is 0 Å². The van der Waals surface area contributed by atoms with Gasteiger partial charge in [0.15, 0.2) is 17.5 Å². The van der Waals surface area contributed by atoms with Crippen molar-refractivity contribution < 1.29 is 23.8 Å². The number of aromatic nitrogens is 2. The highest BCUT2D eigenvalue weighted by molar-refractivity contribution is 5.95. The first-order valence-electron chi connectivity index (χ1n) is 16.4. The predicted molar refractivity (Wildman–Crippen MR) is 199 cm³/mol. The SMILES string of the molecule is COc1cc(Cc2cnc(N)nc2N)cc(C=CC(=O)N2N=Cc3ccccc3C2c2ccc(COC(=O)CCCC(N)N=C(N)N)cc2)c1OC. The van der Waals surface area contributed by atoms with Crippen molar-refractivity contribution in [3.8, 4) is 11.5 Å². The molecule has 2 atom stereocenters. The number of hydrazone groups is 1. The zero-order valence-electron chi connectivity index (χ0n) is 28.9. The Morgan fingerprint density at radius 1 is 1.02 bits per heavy atom. The maximum atomic E-state index is 13.9. The number of ether oxygens (including phenoxy) is 3. The molecule has 1 aliphatic heterocycles. The molecule has 15 heteroatoms. The third kappa shape index (κ3) is 9.19. The molecule has 1 aromatic heterocycles. The molecule has 0 bridgehead atoms. The van der Waals surface area contributed by atoms with Gasteiger partial charge in [-0.25, -0.2) is 15.0 Å². The number of carbonyl (C=O) groups is 2. The molecule has 0 fully saturated rings. The molecule has 15 nitrogen and oxygen atoms in total. The maximum absolute atomic E-state index is 13.9. The largest absolute Gasteiger partial charge is 0.493 e. The van der Waals surface area contributed by atoms with E-state index in [0.29, 0.717) is 41.9 Å². The molecule has 0 radical (unpaired) electrons. The van der Waals surface area contributed by atoms with Crippen molar-refractivity contribution in [2.24, 2.45) is 27.3 Å². The Morgan fingerprint density at radius 2 is 1.79 bits per heavy atom. The second kappa shape index (κ2) is 17.0. The van der Waals surface area contributed by atoms with Crippen LogP contribution in [-0.4, -0.2) is 59.4 Å². The van der Waals surface area contributed by atoms with E-state index in [2.05, 4.69) is 20.1 Å². The Bertz CT molecular complexity index is 1990. The van der Waals surface area contributed by atoms with E-state index in [0.717, 1.165) is 27.8 Å². The minimum Gasteiger partial charge on any atom is -0.493 e. The monoisotopic (exact) mass is 706 g/mol. The summed E-state index contributed by atoms with van der Waals surface area (Å²) in [5.74, 6) is 0.469. The van der Waals surface area contributed by atoms with Crippen molar-refractivity contribution in [3.05, 3.63) is 112 Å². The van der Waals surface area contributed by atoms with Crippen LogP contribution in [-0.2, 0) is 27.4 Å². The number of nitrogens with zero attached hydrogens (tertiary/aromatic N) is 5. The van der Waals surface area contributed by atoms with Gasteiger partial charge in [0, 0.05) is 41.8 Å². The van der Waals surface area contributed by atoms with Crippen molar-refractivity contribution in [2.45, 2.75) is 44.5 Å². The van der Waals surface area contributed by atoms with Gasteiger partial charge in [-0.2, -0.15) is 10.1 Å². The number of hydrogen-bond acceptors (Lipinski definition) is 12. The van der Waals surface area contributed by atoms with E-state index in [1.54, 1.807) is 18.5 Å². The van der Waals surface area contributed by atoms with Crippen LogP contribution >= 0.6 is 0 Å². The summed E-state index contributed by atoms with van der Waals surface area (Å²) >= 11 is 0. The number of amides is 1. The Balaban J connectivity index is 1.33. The molecule has 52 heavy (non-hydrogen) atoms. The van der Waals surface area contributed by atoms with E-state index < -0.39 is 12.2 Å². The van der Waals surface area contributed by atoms with Crippen molar-refractivity contribution >= 4 is 41.9 Å². The molecule has 0 spiro atoms. The van der Waals surface area contributed by atoms with E-state index in [1.807, 2.05) is 60.7 Å². The summed E-state index contributed by atoms with van der Waals surface area (Å²) in [6, 6.07) is 18.4. The van der Waals surface area contributed by atoms with Crippen LogP contribution in [0.1, 0.15) is 64.2 Å². The fourth-order valence-corrected chi connectivity index (χ4v) is 5.76. The van der Waals surface area contributed by atoms with Crippen LogP contribution in [0, 0.1) is 0 Å². The van der Waals surface area contributed by atoms with Gasteiger partial charge in [0.1, 0.15) is 24.6 Å². The van der Waals surface area contributed by atoms with E-state index >= 15 is 0 Å². The predicted octanol–water partition coefficient (Wildman–Crippen LogP) is 3.00. The molecule has 3 aromatic carbocycles. The lowest BCUT2D eigenvalue weighted by Gasteiger charge is -2.31. The second-order valence-corrected chi connectivity index (χ2v) is 11.9. The molecule has 5 rings (SSSR count). The average molecular weight is 707 g/mol. The van der Waals surface area contributed by atoms with Crippen molar-refractivity contribution in [2.75, 3.05) is 25.7 Å². The zero-order valence-corrected chi connectivity index (χ0v) is 28.9. The lowest BCUT2D eigenvalue weighted by atomic mass is 9.92. The molecule has 4 aromatic rings. The lowest BCUT2D eigenvalue weighted by Crippen LogP contribution is -2.33. The number of carbonyl (C=O) groups excluding carboxylic acids is 2. The number of guanidine groups is 1. The van der Waals surface area contributed by atoms with Gasteiger partial charge < -0.3 is 42.9 Å². The van der Waals surface area contributed by atoms with Crippen molar-refractivity contribution in [1.29, 1.82) is 0 Å². The number of aliphatic imine (C=N–C) groups is 1. The van der Waals surface area contributed by atoms with E-state index in [4.69, 9.17) is 42.9 Å². The summed E-state index contributed by atoms with van der Waals surface area (Å²) in [5.41, 5.74) is 33.7. The average Bonchev–Trinajstić information content (AvgIpc) is 3.13. The maximum Gasteiger partial charge on any atom is 0.306 e. The second-order valence-electron chi connectivity index (χ2n) is 11.9. The number of anilines is 2. The Morgan fingerprint density at radius 3 is 2.50 bits per heavy atom. The fourth-order valence-electron chi connectivity index (χ4n) is 5.76. The molecule has 2 unspecified atom stereocenters. The third-order valence-electron chi connectivity index (χ3n) is 8.26. The topological polar surface area (TPSA) is 246 Å². The highest BCUT2D eigenvalue weighted by Gasteiger charge is 2.30. The highest BCUT2D eigenvalue weighted by Crippen LogP contribution is 2.36. The van der Waals surface area contributed by atoms with Crippen LogP contribution in [0.2, 0.25) is 0 Å². The quantitative estimate of drug-likeness (QED) is 0.0550. The van der Waals surface area contributed by atoms with Crippen LogP contribution in [0.3, 0.4) is 0 Å². The molecular weight excluding hydrogens is 664 g/mol. The van der Waals surface area contributed by atoms with Gasteiger partial charge in [0.25, 0.3) is 5.91 Å². The number of methoxy groups -OCH3 is 2. The Kier molecular flexibility index (Phi) is 12.0. The number of rotatable bonds is 14. The number of hydrogen-bond donors (Lipinski definition) is 5. The van der Waals surface area contributed by atoms with E-state index in [1.165, 1.54) is 25.3 Å². The molecule has 10 N–H and O–H groups in total. The summed E-state index contributed by atoms with van der Waals surface area (Å²) in [7, 11) is 3.07. The van der Waals surface area contributed by atoms with Gasteiger partial charge in [-0.05, 0) is 53.3 Å². The number of nitrogen functional groups attached to an aromatic ring is 2. The molecule has 0 saturated carbocycles. The van der Waals surface area contributed by atoms with E-state index in [9.17, 15) is 9.59 Å². The molecule has 0 saturated heterocycles. The molecule has 0 aliphatic carbocycles. The minimum atomic E-state index is -0.568. The molecule has 1 amide bonds. The van der Waals surface area contributed by atoms with Gasteiger partial charge in [-0.3, -0.25) is 9.59 Å². The summed E-state index contributed by atoms with van der Waals surface area (Å²) in [4.78, 5) is 38.2. The van der Waals surface area contributed by atoms with Crippen LogP contribution < -0.4 is 38.1 Å².